The summed E-state index contributed by atoms with van der Waals surface area (Å²) >= 11 is 0. The monoisotopic (exact) mass is 332 g/mol. The standard InChI is InChI=1S/C18H30F2O3/c1-2-3-5-8-15-11-22-14-23-17(15)18(9-6-4-7-10-18)13-21-12-16(19)20/h12,15,17H,2-11,13-14H2,1H3. The highest BCUT2D eigenvalue weighted by atomic mass is 19.3. The number of rotatable bonds is 8. The van der Waals surface area contributed by atoms with E-state index in [-0.39, 0.29) is 11.5 Å². The van der Waals surface area contributed by atoms with Crippen molar-refractivity contribution >= 4 is 0 Å². The summed E-state index contributed by atoms with van der Waals surface area (Å²) in [5.74, 6) is 0.344. The van der Waals surface area contributed by atoms with E-state index in [1.54, 1.807) is 0 Å². The van der Waals surface area contributed by atoms with E-state index < -0.39 is 6.08 Å². The summed E-state index contributed by atoms with van der Waals surface area (Å²) < 4.78 is 41.4. The van der Waals surface area contributed by atoms with E-state index in [0.29, 0.717) is 32.2 Å². The van der Waals surface area contributed by atoms with Crippen LogP contribution in [-0.2, 0) is 14.2 Å². The molecule has 1 aliphatic carbocycles. The number of hydrogen-bond donors (Lipinski definition) is 0. The van der Waals surface area contributed by atoms with Gasteiger partial charge in [0.2, 0.25) is 0 Å². The molecule has 0 radical (unpaired) electrons. The molecule has 23 heavy (non-hydrogen) atoms. The van der Waals surface area contributed by atoms with Crippen LogP contribution in [0.25, 0.3) is 0 Å². The van der Waals surface area contributed by atoms with Gasteiger partial charge in [-0.15, -0.1) is 0 Å². The molecule has 0 aromatic carbocycles. The van der Waals surface area contributed by atoms with E-state index in [2.05, 4.69) is 6.92 Å². The van der Waals surface area contributed by atoms with Crippen molar-refractivity contribution in [3.05, 3.63) is 12.3 Å². The summed E-state index contributed by atoms with van der Waals surface area (Å²) in [4.78, 5) is 0. The van der Waals surface area contributed by atoms with Gasteiger partial charge in [0.15, 0.2) is 0 Å². The van der Waals surface area contributed by atoms with E-state index in [0.717, 1.165) is 32.1 Å². The van der Waals surface area contributed by atoms with Gasteiger partial charge in [-0.05, 0) is 19.3 Å². The topological polar surface area (TPSA) is 27.7 Å². The van der Waals surface area contributed by atoms with E-state index in [1.165, 1.54) is 25.7 Å². The Kier molecular flexibility index (Phi) is 7.77. The van der Waals surface area contributed by atoms with Crippen molar-refractivity contribution in [2.45, 2.75) is 70.8 Å². The van der Waals surface area contributed by atoms with Gasteiger partial charge in [0, 0.05) is 11.3 Å². The highest BCUT2D eigenvalue weighted by molar-refractivity contribution is 4.95. The van der Waals surface area contributed by atoms with Crippen LogP contribution in [0.5, 0.6) is 0 Å². The molecule has 2 rings (SSSR count). The Morgan fingerprint density at radius 1 is 1.22 bits per heavy atom. The molecule has 3 nitrogen and oxygen atoms in total. The number of ether oxygens (including phenoxy) is 3. The molecular formula is C18H30F2O3. The molecule has 0 bridgehead atoms. The van der Waals surface area contributed by atoms with Crippen molar-refractivity contribution in [1.82, 2.24) is 0 Å². The second-order valence-corrected chi connectivity index (χ2v) is 6.97. The lowest BCUT2D eigenvalue weighted by Gasteiger charge is -2.47. The van der Waals surface area contributed by atoms with Crippen molar-refractivity contribution in [2.75, 3.05) is 20.0 Å². The third-order valence-electron chi connectivity index (χ3n) is 5.27. The smallest absolute Gasteiger partial charge is 0.304 e. The molecule has 2 unspecified atom stereocenters. The predicted octanol–water partition coefficient (Wildman–Crippen LogP) is 5.26. The van der Waals surface area contributed by atoms with Gasteiger partial charge in [0.05, 0.1) is 19.3 Å². The maximum absolute atomic E-state index is 12.3. The van der Waals surface area contributed by atoms with Crippen molar-refractivity contribution < 1.29 is 23.0 Å². The third kappa shape index (κ3) is 5.42. The van der Waals surface area contributed by atoms with Crippen LogP contribution < -0.4 is 0 Å². The minimum Gasteiger partial charge on any atom is -0.495 e. The van der Waals surface area contributed by atoms with Gasteiger partial charge >= 0.3 is 6.08 Å². The zero-order valence-corrected chi connectivity index (χ0v) is 14.2. The maximum Gasteiger partial charge on any atom is 0.304 e. The molecule has 0 aromatic rings. The fourth-order valence-corrected chi connectivity index (χ4v) is 4.15. The SMILES string of the molecule is CCCCCC1COCOC1C1(COC=C(F)F)CCCCC1. The molecule has 0 amide bonds. The fraction of sp³-hybridized carbons (Fsp3) is 0.889. The molecule has 0 spiro atoms. The minimum absolute atomic E-state index is 0.0597. The van der Waals surface area contributed by atoms with Crippen LogP contribution in [0, 0.1) is 11.3 Å². The summed E-state index contributed by atoms with van der Waals surface area (Å²) in [6, 6.07) is 0. The normalized spacial score (nSPS) is 27.4. The summed E-state index contributed by atoms with van der Waals surface area (Å²) in [5, 5.41) is 0. The largest absolute Gasteiger partial charge is 0.495 e. The van der Waals surface area contributed by atoms with Gasteiger partial charge in [-0.25, -0.2) is 0 Å². The van der Waals surface area contributed by atoms with E-state index >= 15 is 0 Å². The van der Waals surface area contributed by atoms with Gasteiger partial charge in [0.25, 0.3) is 0 Å². The van der Waals surface area contributed by atoms with Gasteiger partial charge in [-0.1, -0.05) is 45.4 Å². The molecule has 2 atom stereocenters. The molecule has 134 valence electrons. The quantitative estimate of drug-likeness (QED) is 0.448. The lowest BCUT2D eigenvalue weighted by Crippen LogP contribution is -2.50. The van der Waals surface area contributed by atoms with Gasteiger partial charge < -0.3 is 14.2 Å². The summed E-state index contributed by atoms with van der Waals surface area (Å²) in [6.45, 7) is 3.53. The Bertz CT molecular complexity index is 363. The fourth-order valence-electron chi connectivity index (χ4n) is 4.15. The first-order valence-electron chi connectivity index (χ1n) is 9.00. The number of halogens is 2. The Morgan fingerprint density at radius 2 is 2.00 bits per heavy atom. The van der Waals surface area contributed by atoms with Gasteiger partial charge in [-0.2, -0.15) is 8.78 Å². The van der Waals surface area contributed by atoms with Crippen LogP contribution in [0.4, 0.5) is 8.78 Å². The molecule has 1 heterocycles. The molecule has 5 heteroatoms. The van der Waals surface area contributed by atoms with Crippen molar-refractivity contribution in [1.29, 1.82) is 0 Å². The van der Waals surface area contributed by atoms with E-state index in [9.17, 15) is 8.78 Å². The zero-order valence-electron chi connectivity index (χ0n) is 14.2. The van der Waals surface area contributed by atoms with Crippen molar-refractivity contribution in [3.63, 3.8) is 0 Å². The predicted molar refractivity (Wildman–Crippen MR) is 85.1 cm³/mol. The summed E-state index contributed by atoms with van der Waals surface area (Å²) in [5.41, 5.74) is -0.148. The lowest BCUT2D eigenvalue weighted by atomic mass is 9.66. The van der Waals surface area contributed by atoms with E-state index in [4.69, 9.17) is 14.2 Å². The van der Waals surface area contributed by atoms with Crippen LogP contribution in [0.15, 0.2) is 12.3 Å². The van der Waals surface area contributed by atoms with Crippen LogP contribution in [0.3, 0.4) is 0 Å². The lowest BCUT2D eigenvalue weighted by molar-refractivity contribution is -0.222. The van der Waals surface area contributed by atoms with Crippen LogP contribution in [0.2, 0.25) is 0 Å². The molecule has 0 aromatic heterocycles. The number of unbranched alkanes of at least 4 members (excludes halogenated alkanes) is 2. The Balaban J connectivity index is 2.05. The van der Waals surface area contributed by atoms with Crippen molar-refractivity contribution in [3.8, 4) is 0 Å². The molecular weight excluding hydrogens is 302 g/mol. The number of hydrogen-bond acceptors (Lipinski definition) is 3. The second-order valence-electron chi connectivity index (χ2n) is 6.97. The molecule has 2 fully saturated rings. The van der Waals surface area contributed by atoms with E-state index in [1.807, 2.05) is 0 Å². The Morgan fingerprint density at radius 3 is 2.70 bits per heavy atom. The summed E-state index contributed by atoms with van der Waals surface area (Å²) in [7, 11) is 0. The van der Waals surface area contributed by atoms with Gasteiger partial charge in [-0.3, -0.25) is 0 Å². The highest BCUT2D eigenvalue weighted by Crippen LogP contribution is 2.45. The first-order chi connectivity index (χ1) is 11.2. The van der Waals surface area contributed by atoms with Gasteiger partial charge in [0.1, 0.15) is 13.1 Å². The van der Waals surface area contributed by atoms with Crippen LogP contribution in [0.1, 0.15) is 64.7 Å². The minimum atomic E-state index is -1.77. The second kappa shape index (κ2) is 9.58. The average molecular weight is 332 g/mol. The Hall–Kier alpha value is -0.680. The molecule has 0 N–H and O–H groups in total. The molecule has 1 saturated carbocycles. The highest BCUT2D eigenvalue weighted by Gasteiger charge is 2.46. The molecule has 1 aliphatic heterocycles. The first-order valence-corrected chi connectivity index (χ1v) is 9.00. The summed E-state index contributed by atoms with van der Waals surface area (Å²) in [6.07, 6.45) is 8.94. The first kappa shape index (κ1) is 18.7. The van der Waals surface area contributed by atoms with Crippen LogP contribution >= 0.6 is 0 Å². The molecule has 1 saturated heterocycles. The van der Waals surface area contributed by atoms with Crippen LogP contribution in [-0.4, -0.2) is 26.1 Å². The Labute approximate surface area is 138 Å². The zero-order chi connectivity index (χ0) is 16.5. The molecule has 2 aliphatic rings. The maximum atomic E-state index is 12.3. The van der Waals surface area contributed by atoms with Crippen molar-refractivity contribution in [2.24, 2.45) is 11.3 Å². The third-order valence-corrected chi connectivity index (χ3v) is 5.27. The average Bonchev–Trinajstić information content (AvgIpc) is 2.56.